The molecule has 2 nitrogen and oxygen atoms in total. The molecule has 2 aromatic rings. The first-order valence-corrected chi connectivity index (χ1v) is 7.08. The summed E-state index contributed by atoms with van der Waals surface area (Å²) in [5, 5.41) is 2.76. The van der Waals surface area contributed by atoms with E-state index in [0.717, 1.165) is 10.0 Å². The maximum absolute atomic E-state index is 13.4. The van der Waals surface area contributed by atoms with Crippen LogP contribution in [0.1, 0.15) is 15.9 Å². The highest BCUT2D eigenvalue weighted by Gasteiger charge is 2.10. The van der Waals surface area contributed by atoms with Crippen LogP contribution in [0.2, 0.25) is 0 Å². The maximum atomic E-state index is 13.4. The first kappa shape index (κ1) is 14.2. The molecule has 0 aliphatic rings. The Balaban J connectivity index is 2.25. The smallest absolute Gasteiger partial charge is 0.255 e. The molecular formula is C14H10Br2FNO. The maximum Gasteiger partial charge on any atom is 0.255 e. The molecule has 5 heteroatoms. The number of amides is 1. The van der Waals surface area contributed by atoms with Gasteiger partial charge in [-0.2, -0.15) is 0 Å². The van der Waals surface area contributed by atoms with Crippen LogP contribution in [-0.2, 0) is 0 Å². The van der Waals surface area contributed by atoms with Crippen LogP contribution >= 0.6 is 31.9 Å². The molecule has 1 N–H and O–H groups in total. The molecule has 1 amide bonds. The van der Waals surface area contributed by atoms with Gasteiger partial charge >= 0.3 is 0 Å². The van der Waals surface area contributed by atoms with Crippen LogP contribution in [0.4, 0.5) is 10.1 Å². The van der Waals surface area contributed by atoms with Crippen molar-refractivity contribution in [2.75, 3.05) is 5.32 Å². The van der Waals surface area contributed by atoms with Crippen molar-refractivity contribution >= 4 is 43.5 Å². The van der Waals surface area contributed by atoms with Gasteiger partial charge in [0, 0.05) is 15.7 Å². The molecule has 0 bridgehead atoms. The van der Waals surface area contributed by atoms with Crippen molar-refractivity contribution in [3.05, 3.63) is 62.3 Å². The van der Waals surface area contributed by atoms with Gasteiger partial charge in [0.05, 0.1) is 4.47 Å². The summed E-state index contributed by atoms with van der Waals surface area (Å²) >= 11 is 6.40. The second-order valence-electron chi connectivity index (χ2n) is 4.04. The zero-order valence-corrected chi connectivity index (χ0v) is 13.2. The number of hydrogen-bond donors (Lipinski definition) is 1. The molecule has 0 heterocycles. The number of carbonyl (C=O) groups is 1. The van der Waals surface area contributed by atoms with E-state index in [2.05, 4.69) is 37.2 Å². The minimum absolute atomic E-state index is 0.278. The van der Waals surface area contributed by atoms with Crippen LogP contribution < -0.4 is 5.32 Å². The van der Waals surface area contributed by atoms with E-state index in [-0.39, 0.29) is 11.5 Å². The summed E-state index contributed by atoms with van der Waals surface area (Å²) in [6.07, 6.45) is 0. The fourth-order valence-electron chi connectivity index (χ4n) is 1.56. The molecular weight excluding hydrogens is 377 g/mol. The van der Waals surface area contributed by atoms with Crippen molar-refractivity contribution in [2.45, 2.75) is 6.92 Å². The number of rotatable bonds is 2. The van der Waals surface area contributed by atoms with Crippen molar-refractivity contribution in [1.29, 1.82) is 0 Å². The molecule has 0 fully saturated rings. The molecule has 2 rings (SSSR count). The third-order valence-electron chi connectivity index (χ3n) is 2.63. The van der Waals surface area contributed by atoms with Crippen LogP contribution in [0.25, 0.3) is 0 Å². The lowest BCUT2D eigenvalue weighted by Gasteiger charge is -2.09. The lowest BCUT2D eigenvalue weighted by molar-refractivity contribution is 0.102. The molecule has 0 atom stereocenters. The quantitative estimate of drug-likeness (QED) is 0.780. The lowest BCUT2D eigenvalue weighted by atomic mass is 10.1. The van der Waals surface area contributed by atoms with E-state index in [9.17, 15) is 9.18 Å². The zero-order valence-electron chi connectivity index (χ0n) is 10.0. The van der Waals surface area contributed by atoms with E-state index in [4.69, 9.17) is 0 Å². The van der Waals surface area contributed by atoms with Gasteiger partial charge in [0.2, 0.25) is 0 Å². The minimum Gasteiger partial charge on any atom is -0.322 e. The zero-order chi connectivity index (χ0) is 14.0. The van der Waals surface area contributed by atoms with Gasteiger partial charge in [-0.05, 0) is 58.7 Å². The van der Waals surface area contributed by atoms with E-state index in [1.54, 1.807) is 6.07 Å². The Labute approximate surface area is 127 Å². The van der Waals surface area contributed by atoms with Crippen LogP contribution in [0, 0.1) is 12.7 Å². The Morgan fingerprint density at radius 2 is 1.89 bits per heavy atom. The Morgan fingerprint density at radius 1 is 1.16 bits per heavy atom. The average molecular weight is 387 g/mol. The summed E-state index contributed by atoms with van der Waals surface area (Å²) in [5.74, 6) is -0.800. The fraction of sp³-hybridized carbons (Fsp3) is 0.0714. The number of hydrogen-bond acceptors (Lipinski definition) is 1. The molecule has 0 saturated carbocycles. The first-order valence-electron chi connectivity index (χ1n) is 5.50. The molecule has 0 saturated heterocycles. The fourth-order valence-corrected chi connectivity index (χ4v) is 2.17. The average Bonchev–Trinajstić information content (AvgIpc) is 2.37. The van der Waals surface area contributed by atoms with Crippen LogP contribution in [-0.4, -0.2) is 5.91 Å². The first-order chi connectivity index (χ1) is 8.97. The summed E-state index contributed by atoms with van der Waals surface area (Å²) in [6.45, 7) is 1.89. The number of halogens is 3. The molecule has 0 radical (unpaired) electrons. The number of aryl methyl sites for hydroxylation is 1. The van der Waals surface area contributed by atoms with Gasteiger partial charge in [-0.15, -0.1) is 0 Å². The molecule has 0 unspecified atom stereocenters. The molecule has 0 aromatic heterocycles. The van der Waals surface area contributed by atoms with Crippen molar-refractivity contribution in [2.24, 2.45) is 0 Å². The minimum atomic E-state index is -0.460. The number of anilines is 1. The topological polar surface area (TPSA) is 29.1 Å². The van der Waals surface area contributed by atoms with Crippen LogP contribution in [0.15, 0.2) is 45.3 Å². The Morgan fingerprint density at radius 3 is 2.58 bits per heavy atom. The Bertz CT molecular complexity index is 643. The van der Waals surface area contributed by atoms with Crippen LogP contribution in [0.5, 0.6) is 0 Å². The third kappa shape index (κ3) is 3.42. The van der Waals surface area contributed by atoms with E-state index >= 15 is 0 Å². The molecule has 98 valence electrons. The summed E-state index contributed by atoms with van der Waals surface area (Å²) in [6, 6.07) is 9.87. The second kappa shape index (κ2) is 5.84. The largest absolute Gasteiger partial charge is 0.322 e. The number of nitrogens with one attached hydrogen (secondary N) is 1. The van der Waals surface area contributed by atoms with Gasteiger partial charge in [0.15, 0.2) is 0 Å². The normalized spacial score (nSPS) is 10.3. The predicted molar refractivity (Wildman–Crippen MR) is 80.9 cm³/mol. The van der Waals surface area contributed by atoms with E-state index < -0.39 is 5.82 Å². The van der Waals surface area contributed by atoms with Crippen molar-refractivity contribution in [3.63, 3.8) is 0 Å². The van der Waals surface area contributed by atoms with Gasteiger partial charge in [0.1, 0.15) is 5.82 Å². The predicted octanol–water partition coefficient (Wildman–Crippen LogP) is 4.91. The standard InChI is InChI=1S/C14H10Br2FNO/c1-8-2-4-10(15)7-13(8)18-14(19)9-3-5-11(16)12(17)6-9/h2-7H,1H3,(H,18,19). The number of benzene rings is 2. The highest BCUT2D eigenvalue weighted by atomic mass is 79.9. The van der Waals surface area contributed by atoms with Crippen molar-refractivity contribution in [3.8, 4) is 0 Å². The van der Waals surface area contributed by atoms with Gasteiger partial charge < -0.3 is 5.32 Å². The molecule has 19 heavy (non-hydrogen) atoms. The van der Waals surface area contributed by atoms with Gasteiger partial charge in [-0.3, -0.25) is 4.79 Å². The monoisotopic (exact) mass is 385 g/mol. The van der Waals surface area contributed by atoms with Crippen molar-refractivity contribution < 1.29 is 9.18 Å². The van der Waals surface area contributed by atoms with Gasteiger partial charge in [-0.25, -0.2) is 4.39 Å². The second-order valence-corrected chi connectivity index (χ2v) is 5.81. The van der Waals surface area contributed by atoms with E-state index in [1.165, 1.54) is 12.1 Å². The highest BCUT2D eigenvalue weighted by Crippen LogP contribution is 2.22. The molecule has 0 spiro atoms. The van der Waals surface area contributed by atoms with E-state index in [0.29, 0.717) is 10.2 Å². The summed E-state index contributed by atoms with van der Waals surface area (Å²) < 4.78 is 14.6. The Kier molecular flexibility index (Phi) is 4.37. The number of carbonyl (C=O) groups excluding carboxylic acids is 1. The van der Waals surface area contributed by atoms with Gasteiger partial charge in [0.25, 0.3) is 5.91 Å². The summed E-state index contributed by atoms with van der Waals surface area (Å²) in [4.78, 5) is 12.0. The van der Waals surface area contributed by atoms with Crippen LogP contribution in [0.3, 0.4) is 0 Å². The highest BCUT2D eigenvalue weighted by molar-refractivity contribution is 9.10. The third-order valence-corrected chi connectivity index (χ3v) is 3.77. The molecule has 0 aliphatic carbocycles. The summed E-state index contributed by atoms with van der Waals surface area (Å²) in [7, 11) is 0. The molecule has 0 aliphatic heterocycles. The van der Waals surface area contributed by atoms with Gasteiger partial charge in [-0.1, -0.05) is 22.0 Å². The Hall–Kier alpha value is -1.20. The summed E-state index contributed by atoms with van der Waals surface area (Å²) in [5.41, 5.74) is 1.91. The lowest BCUT2D eigenvalue weighted by Crippen LogP contribution is -2.13. The van der Waals surface area contributed by atoms with E-state index in [1.807, 2.05) is 25.1 Å². The SMILES string of the molecule is Cc1ccc(Br)cc1NC(=O)c1ccc(Br)c(F)c1. The molecule has 2 aromatic carbocycles. The van der Waals surface area contributed by atoms with Crippen molar-refractivity contribution in [1.82, 2.24) is 0 Å².